The highest BCUT2D eigenvalue weighted by molar-refractivity contribution is 9.10. The number of aromatic nitrogens is 2. The zero-order chi connectivity index (χ0) is 37.6. The van der Waals surface area contributed by atoms with Gasteiger partial charge in [-0.1, -0.05) is 50.7 Å². The van der Waals surface area contributed by atoms with E-state index in [-0.39, 0.29) is 42.1 Å². The monoisotopic (exact) mass is 820 g/mol. The summed E-state index contributed by atoms with van der Waals surface area (Å²) >= 11 is 21.6. The summed E-state index contributed by atoms with van der Waals surface area (Å²) in [5.41, 5.74) is 4.30. The molecule has 0 bridgehead atoms. The van der Waals surface area contributed by atoms with Crippen LogP contribution in [0.3, 0.4) is 0 Å². The lowest BCUT2D eigenvalue weighted by atomic mass is 9.92. The van der Waals surface area contributed by atoms with Gasteiger partial charge in [0.1, 0.15) is 11.4 Å². The van der Waals surface area contributed by atoms with Crippen LogP contribution >= 0.6 is 50.7 Å². The summed E-state index contributed by atoms with van der Waals surface area (Å²) in [6.07, 6.45) is 4.54. The first kappa shape index (κ1) is 40.5. The number of benzene rings is 2. The molecule has 274 valence electrons. The Morgan fingerprint density at radius 3 is 2.12 bits per heavy atom. The highest BCUT2D eigenvalue weighted by Crippen LogP contribution is 2.36. The Labute approximate surface area is 323 Å². The van der Waals surface area contributed by atoms with Crippen LogP contribution in [-0.4, -0.2) is 86.4 Å². The first-order valence-electron chi connectivity index (χ1n) is 16.6. The van der Waals surface area contributed by atoms with Crippen molar-refractivity contribution >= 4 is 68.6 Å². The Hall–Kier alpha value is -3.22. The largest absolute Gasteiger partial charge is 0.444 e. The summed E-state index contributed by atoms with van der Waals surface area (Å²) in [7, 11) is 0. The second-order valence-corrected chi connectivity index (χ2v) is 15.6. The molecule has 2 saturated heterocycles. The molecular formula is C37H44BrCl3N6O4. The molecule has 2 fully saturated rings. The van der Waals surface area contributed by atoms with Crippen LogP contribution in [0, 0.1) is 6.92 Å². The molecule has 2 aliphatic rings. The van der Waals surface area contributed by atoms with Gasteiger partial charge in [0.25, 0.3) is 0 Å². The molecule has 2 aliphatic heterocycles. The van der Waals surface area contributed by atoms with Gasteiger partial charge in [0.05, 0.1) is 24.2 Å². The first-order chi connectivity index (χ1) is 24.0. The number of carbonyl (C=O) groups excluding carboxylic acids is 3. The van der Waals surface area contributed by atoms with E-state index in [0.29, 0.717) is 35.5 Å². The van der Waals surface area contributed by atoms with Gasteiger partial charge in [-0.3, -0.25) is 9.59 Å². The molecule has 0 unspecified atom stereocenters. The molecule has 14 heteroatoms. The van der Waals surface area contributed by atoms with Crippen LogP contribution in [0.15, 0.2) is 64.9 Å². The maximum absolute atomic E-state index is 12.5. The number of aryl methyl sites for hydroxylation is 1. The molecule has 51 heavy (non-hydrogen) atoms. The maximum atomic E-state index is 12.5. The average molecular weight is 823 g/mol. The number of amides is 3. The van der Waals surface area contributed by atoms with Crippen LogP contribution in [0.4, 0.5) is 4.79 Å². The molecule has 0 radical (unpaired) electrons. The first-order valence-corrected chi connectivity index (χ1v) is 18.6. The highest BCUT2D eigenvalue weighted by Gasteiger charge is 2.38. The minimum atomic E-state index is -0.490. The van der Waals surface area contributed by atoms with E-state index >= 15 is 0 Å². The van der Waals surface area contributed by atoms with E-state index in [1.54, 1.807) is 27.1 Å². The number of rotatable bonds is 4. The van der Waals surface area contributed by atoms with Gasteiger partial charge < -0.3 is 24.8 Å². The van der Waals surface area contributed by atoms with Gasteiger partial charge in [0, 0.05) is 77.2 Å². The molecule has 10 nitrogen and oxygen atoms in total. The number of hydrogen-bond acceptors (Lipinski definition) is 7. The number of carbonyl (C=O) groups is 3. The van der Waals surface area contributed by atoms with Gasteiger partial charge in [-0.15, -0.1) is 0 Å². The minimum absolute atomic E-state index is 0.0195. The molecule has 0 spiro atoms. The van der Waals surface area contributed by atoms with Crippen LogP contribution in [-0.2, 0) is 14.3 Å². The van der Waals surface area contributed by atoms with Gasteiger partial charge in [-0.2, -0.15) is 0 Å². The standard InChI is InChI=1S/C21H22Cl2N4O2.C16H22BrClN2O2/c1-13-21(27(15(3)28)7-6-26(13)20(29)4-5-22)17-8-16(9-19(23)10-17)18-11-24-14(2)25-12-18;1-10-14(11-7-12(17)9-13(18)8-11)19-5-6-20(10)15(21)22-16(2,3)4/h4-5,8-13,21H,6-7H2,1-3H3;7-10,14,19H,5-6H2,1-4H3/b5-4-;/t13-,21+;10-,14+/m00/s1. The summed E-state index contributed by atoms with van der Waals surface area (Å²) in [6.45, 7) is 15.2. The number of nitrogens with zero attached hydrogens (tertiary/aromatic N) is 5. The van der Waals surface area contributed by atoms with Crippen molar-refractivity contribution in [3.8, 4) is 11.1 Å². The van der Waals surface area contributed by atoms with Crippen LogP contribution in [0.1, 0.15) is 70.6 Å². The third kappa shape index (κ3) is 10.7. The average Bonchev–Trinajstić information content (AvgIpc) is 3.03. The van der Waals surface area contributed by atoms with Crippen molar-refractivity contribution in [3.05, 3.63) is 91.9 Å². The fourth-order valence-electron chi connectivity index (χ4n) is 6.38. The zero-order valence-electron chi connectivity index (χ0n) is 29.8. The number of ether oxygens (including phenoxy) is 1. The fraction of sp³-hybridized carbons (Fsp3) is 0.432. The van der Waals surface area contributed by atoms with Crippen molar-refractivity contribution in [1.82, 2.24) is 30.0 Å². The Balaban J connectivity index is 0.000000238. The van der Waals surface area contributed by atoms with E-state index < -0.39 is 5.60 Å². The van der Waals surface area contributed by atoms with Crippen molar-refractivity contribution in [3.63, 3.8) is 0 Å². The number of nitrogens with one attached hydrogen (secondary N) is 1. The van der Waals surface area contributed by atoms with Gasteiger partial charge in [-0.25, -0.2) is 14.8 Å². The molecule has 1 N–H and O–H groups in total. The lowest BCUT2D eigenvalue weighted by Gasteiger charge is -2.46. The molecule has 2 aromatic carbocycles. The number of piperazine rings is 2. The molecule has 0 aliphatic carbocycles. The van der Waals surface area contributed by atoms with Gasteiger partial charge in [-0.05, 0) is 94.6 Å². The van der Waals surface area contributed by atoms with E-state index in [1.165, 1.54) is 18.5 Å². The second kappa shape index (κ2) is 17.5. The van der Waals surface area contributed by atoms with Crippen LogP contribution in [0.5, 0.6) is 0 Å². The van der Waals surface area contributed by atoms with Crippen LogP contribution in [0.2, 0.25) is 10.0 Å². The van der Waals surface area contributed by atoms with Crippen LogP contribution < -0.4 is 5.32 Å². The Bertz CT molecular complexity index is 1730. The van der Waals surface area contributed by atoms with E-state index in [9.17, 15) is 14.4 Å². The number of halogens is 4. The topological polar surface area (TPSA) is 108 Å². The summed E-state index contributed by atoms with van der Waals surface area (Å²) < 4.78 is 6.43. The van der Waals surface area contributed by atoms with Crippen molar-refractivity contribution in [2.75, 3.05) is 26.2 Å². The van der Waals surface area contributed by atoms with Crippen molar-refractivity contribution in [1.29, 1.82) is 0 Å². The predicted molar refractivity (Wildman–Crippen MR) is 206 cm³/mol. The smallest absolute Gasteiger partial charge is 0.410 e. The van der Waals surface area contributed by atoms with E-state index in [1.807, 2.05) is 77.9 Å². The number of hydrogen-bond donors (Lipinski definition) is 1. The quantitative estimate of drug-likeness (QED) is 0.264. The van der Waals surface area contributed by atoms with Gasteiger partial charge >= 0.3 is 6.09 Å². The molecule has 5 rings (SSSR count). The van der Waals surface area contributed by atoms with Gasteiger partial charge in [0.2, 0.25) is 11.8 Å². The van der Waals surface area contributed by atoms with Gasteiger partial charge in [0.15, 0.2) is 0 Å². The minimum Gasteiger partial charge on any atom is -0.444 e. The Kier molecular flexibility index (Phi) is 13.9. The molecule has 1 aromatic heterocycles. The SMILES string of the molecule is CC(=O)N1CCN(C(=O)/C=C\Cl)[C@@H](C)[C@@H]1c1cc(Cl)cc(-c2cnc(C)nc2)c1.C[C@H]1[C@H](c2cc(Cl)cc(Br)c2)NCCN1C(=O)OC(C)(C)C. The normalized spacial score (nSPS) is 20.9. The van der Waals surface area contributed by atoms with Crippen molar-refractivity contribution in [2.24, 2.45) is 0 Å². The maximum Gasteiger partial charge on any atom is 0.410 e. The molecule has 3 amide bonds. The molecule has 3 heterocycles. The van der Waals surface area contributed by atoms with Crippen LogP contribution in [0.25, 0.3) is 11.1 Å². The van der Waals surface area contributed by atoms with E-state index in [4.69, 9.17) is 39.5 Å². The summed E-state index contributed by atoms with van der Waals surface area (Å²) in [4.78, 5) is 51.0. The molecule has 3 aromatic rings. The van der Waals surface area contributed by atoms with Crippen molar-refractivity contribution in [2.45, 2.75) is 78.2 Å². The lowest BCUT2D eigenvalue weighted by molar-refractivity contribution is -0.143. The third-order valence-electron chi connectivity index (χ3n) is 8.70. The van der Waals surface area contributed by atoms with E-state index in [0.717, 1.165) is 33.3 Å². The summed E-state index contributed by atoms with van der Waals surface area (Å²) in [5, 5.41) is 4.67. The highest BCUT2D eigenvalue weighted by atomic mass is 79.9. The summed E-state index contributed by atoms with van der Waals surface area (Å²) in [6, 6.07) is 10.9. The fourth-order valence-corrected chi connectivity index (χ4v) is 7.61. The van der Waals surface area contributed by atoms with Crippen molar-refractivity contribution < 1.29 is 19.1 Å². The predicted octanol–water partition coefficient (Wildman–Crippen LogP) is 8.35. The molecule has 4 atom stereocenters. The summed E-state index contributed by atoms with van der Waals surface area (Å²) in [5.74, 6) is 0.443. The molecular weight excluding hydrogens is 779 g/mol. The van der Waals surface area contributed by atoms with E-state index in [2.05, 4.69) is 31.2 Å². The Morgan fingerprint density at radius 2 is 1.51 bits per heavy atom. The molecule has 0 saturated carbocycles. The second-order valence-electron chi connectivity index (χ2n) is 13.6. The lowest BCUT2D eigenvalue weighted by Crippen LogP contribution is -2.56. The Morgan fingerprint density at radius 1 is 0.882 bits per heavy atom. The third-order valence-corrected chi connectivity index (χ3v) is 9.72. The zero-order valence-corrected chi connectivity index (χ0v) is 33.6.